The molecule has 1 saturated carbocycles. The molecule has 1 aliphatic carbocycles. The van der Waals surface area contributed by atoms with Gasteiger partial charge in [0, 0.05) is 17.6 Å². The molecule has 1 aromatic carbocycles. The van der Waals surface area contributed by atoms with Crippen LogP contribution in [-0.2, 0) is 0 Å². The first-order chi connectivity index (χ1) is 10.0. The third-order valence-electron chi connectivity index (χ3n) is 4.14. The highest BCUT2D eigenvalue weighted by Gasteiger charge is 2.26. The average Bonchev–Trinajstić information content (AvgIpc) is 2.47. The quantitative estimate of drug-likeness (QED) is 0.657. The van der Waals surface area contributed by atoms with Crippen LogP contribution >= 0.6 is 0 Å². The molecule has 0 aromatic heterocycles. The second-order valence-electron chi connectivity index (χ2n) is 5.54. The monoisotopic (exact) mass is 291 g/mol. The van der Waals surface area contributed by atoms with Crippen LogP contribution in [0.25, 0.3) is 0 Å². The Morgan fingerprint density at radius 3 is 2.43 bits per heavy atom. The van der Waals surface area contributed by atoms with Crippen molar-refractivity contribution in [3.63, 3.8) is 0 Å². The molecule has 114 valence electrons. The fourth-order valence-corrected chi connectivity index (χ4v) is 2.87. The molecule has 0 bridgehead atoms. The molecule has 0 spiro atoms. The number of carbonyl (C=O) groups excluding carboxylic acids is 1. The lowest BCUT2D eigenvalue weighted by atomic mass is 9.91. The van der Waals surface area contributed by atoms with E-state index in [1.54, 1.807) is 19.1 Å². The van der Waals surface area contributed by atoms with E-state index in [2.05, 4.69) is 10.6 Å². The number of aryl methyl sites for hydroxylation is 1. The van der Waals surface area contributed by atoms with Crippen molar-refractivity contribution in [2.45, 2.75) is 44.7 Å². The first-order valence-electron chi connectivity index (χ1n) is 7.25. The van der Waals surface area contributed by atoms with Crippen LogP contribution in [0.4, 0.5) is 5.69 Å². The van der Waals surface area contributed by atoms with Gasteiger partial charge in [0.15, 0.2) is 0 Å². The molecule has 0 atom stereocenters. The predicted octanol–water partition coefficient (Wildman–Crippen LogP) is 2.16. The van der Waals surface area contributed by atoms with E-state index in [1.807, 2.05) is 7.05 Å². The van der Waals surface area contributed by atoms with Gasteiger partial charge in [0.1, 0.15) is 5.56 Å². The number of para-hydroxylation sites is 1. The zero-order valence-electron chi connectivity index (χ0n) is 12.4. The first-order valence-corrected chi connectivity index (χ1v) is 7.25. The second-order valence-corrected chi connectivity index (χ2v) is 5.54. The van der Waals surface area contributed by atoms with Gasteiger partial charge in [-0.05, 0) is 45.7 Å². The van der Waals surface area contributed by atoms with Crippen LogP contribution in [0.15, 0.2) is 18.2 Å². The molecule has 6 heteroatoms. The highest BCUT2D eigenvalue weighted by atomic mass is 16.6. The fourth-order valence-electron chi connectivity index (χ4n) is 2.87. The summed E-state index contributed by atoms with van der Waals surface area (Å²) in [5, 5.41) is 17.3. The van der Waals surface area contributed by atoms with E-state index in [9.17, 15) is 14.9 Å². The number of amides is 1. The Balaban J connectivity index is 2.08. The van der Waals surface area contributed by atoms with Crippen molar-refractivity contribution < 1.29 is 9.72 Å². The van der Waals surface area contributed by atoms with Crippen LogP contribution in [0.1, 0.15) is 41.6 Å². The van der Waals surface area contributed by atoms with E-state index < -0.39 is 4.92 Å². The summed E-state index contributed by atoms with van der Waals surface area (Å²) in [4.78, 5) is 23.0. The Labute approximate surface area is 124 Å². The number of nitrogens with zero attached hydrogens (tertiary/aromatic N) is 1. The highest BCUT2D eigenvalue weighted by molar-refractivity contribution is 5.98. The number of benzene rings is 1. The Hall–Kier alpha value is -1.95. The van der Waals surface area contributed by atoms with Gasteiger partial charge in [0.25, 0.3) is 11.6 Å². The number of nitro benzene ring substituents is 1. The van der Waals surface area contributed by atoms with Crippen LogP contribution in [0.5, 0.6) is 0 Å². The Morgan fingerprint density at radius 2 is 1.86 bits per heavy atom. The second kappa shape index (κ2) is 6.67. The number of nitrogens with one attached hydrogen (secondary N) is 2. The van der Waals surface area contributed by atoms with Crippen molar-refractivity contribution >= 4 is 11.6 Å². The van der Waals surface area contributed by atoms with Crippen LogP contribution in [0.2, 0.25) is 0 Å². The summed E-state index contributed by atoms with van der Waals surface area (Å²) < 4.78 is 0. The number of nitro groups is 1. The Bertz CT molecular complexity index is 537. The largest absolute Gasteiger partial charge is 0.349 e. The molecule has 2 rings (SSSR count). The minimum atomic E-state index is -0.484. The summed E-state index contributed by atoms with van der Waals surface area (Å²) in [6.45, 7) is 1.65. The maximum atomic E-state index is 12.3. The number of carbonyl (C=O) groups is 1. The molecule has 1 aliphatic rings. The summed E-state index contributed by atoms with van der Waals surface area (Å²) in [5.41, 5.74) is 0.557. The molecule has 6 nitrogen and oxygen atoms in total. The van der Waals surface area contributed by atoms with Crippen molar-refractivity contribution in [2.75, 3.05) is 7.05 Å². The van der Waals surface area contributed by atoms with Crippen molar-refractivity contribution in [2.24, 2.45) is 0 Å². The molecule has 21 heavy (non-hydrogen) atoms. The van der Waals surface area contributed by atoms with Crippen molar-refractivity contribution in [3.8, 4) is 0 Å². The van der Waals surface area contributed by atoms with Crippen molar-refractivity contribution in [3.05, 3.63) is 39.4 Å². The predicted molar refractivity (Wildman–Crippen MR) is 80.4 cm³/mol. The van der Waals surface area contributed by atoms with Gasteiger partial charge in [-0.2, -0.15) is 0 Å². The summed E-state index contributed by atoms with van der Waals surface area (Å²) in [7, 11) is 1.94. The van der Waals surface area contributed by atoms with Gasteiger partial charge in [-0.1, -0.05) is 12.1 Å². The smallest absolute Gasteiger partial charge is 0.285 e. The molecule has 0 heterocycles. The van der Waals surface area contributed by atoms with Gasteiger partial charge in [-0.15, -0.1) is 0 Å². The average molecular weight is 291 g/mol. The SMILES string of the molecule is CNC1CCC(NC(=O)c2cccc(C)c2[N+](=O)[O-])CC1. The summed E-state index contributed by atoms with van der Waals surface area (Å²) >= 11 is 0. The van der Waals surface area contributed by atoms with E-state index >= 15 is 0 Å². The van der Waals surface area contributed by atoms with Gasteiger partial charge in [0.05, 0.1) is 4.92 Å². The third kappa shape index (κ3) is 3.58. The maximum Gasteiger partial charge on any atom is 0.285 e. The van der Waals surface area contributed by atoms with Crippen molar-refractivity contribution in [1.82, 2.24) is 10.6 Å². The van der Waals surface area contributed by atoms with E-state index in [0.29, 0.717) is 11.6 Å². The summed E-state index contributed by atoms with van der Waals surface area (Å²) in [6, 6.07) is 5.44. The fraction of sp³-hybridized carbons (Fsp3) is 0.533. The normalized spacial score (nSPS) is 21.8. The van der Waals surface area contributed by atoms with E-state index in [0.717, 1.165) is 25.7 Å². The third-order valence-corrected chi connectivity index (χ3v) is 4.14. The van der Waals surface area contributed by atoms with Gasteiger partial charge in [0.2, 0.25) is 0 Å². The number of rotatable bonds is 4. The lowest BCUT2D eigenvalue weighted by molar-refractivity contribution is -0.385. The van der Waals surface area contributed by atoms with E-state index in [-0.39, 0.29) is 23.2 Å². The topological polar surface area (TPSA) is 84.3 Å². The Morgan fingerprint density at radius 1 is 1.24 bits per heavy atom. The molecule has 1 fully saturated rings. The molecule has 1 amide bonds. The molecular formula is C15H21N3O3. The standard InChI is InChI=1S/C15H21N3O3/c1-10-4-3-5-13(14(10)18(20)21)15(19)17-12-8-6-11(16-2)7-9-12/h3-5,11-12,16H,6-9H2,1-2H3,(H,17,19). The molecular weight excluding hydrogens is 270 g/mol. The lowest BCUT2D eigenvalue weighted by Crippen LogP contribution is -2.41. The lowest BCUT2D eigenvalue weighted by Gasteiger charge is -2.28. The first kappa shape index (κ1) is 15.4. The number of hydrogen-bond donors (Lipinski definition) is 2. The number of hydrogen-bond acceptors (Lipinski definition) is 4. The van der Waals surface area contributed by atoms with E-state index in [4.69, 9.17) is 0 Å². The molecule has 0 saturated heterocycles. The molecule has 0 aliphatic heterocycles. The summed E-state index contributed by atoms with van der Waals surface area (Å²) in [6.07, 6.45) is 3.82. The minimum absolute atomic E-state index is 0.0982. The highest BCUT2D eigenvalue weighted by Crippen LogP contribution is 2.24. The zero-order valence-corrected chi connectivity index (χ0v) is 12.4. The van der Waals surface area contributed by atoms with Gasteiger partial charge in [-0.3, -0.25) is 14.9 Å². The molecule has 0 unspecified atom stereocenters. The van der Waals surface area contributed by atoms with Gasteiger partial charge in [-0.25, -0.2) is 0 Å². The van der Waals surface area contributed by atoms with Crippen LogP contribution < -0.4 is 10.6 Å². The van der Waals surface area contributed by atoms with Gasteiger partial charge < -0.3 is 10.6 Å². The van der Waals surface area contributed by atoms with Gasteiger partial charge >= 0.3 is 0 Å². The molecule has 2 N–H and O–H groups in total. The van der Waals surface area contributed by atoms with Crippen LogP contribution in [-0.4, -0.2) is 30.0 Å². The Kier molecular flexibility index (Phi) is 4.90. The van der Waals surface area contributed by atoms with Crippen molar-refractivity contribution in [1.29, 1.82) is 0 Å². The minimum Gasteiger partial charge on any atom is -0.349 e. The molecule has 0 radical (unpaired) electrons. The molecule has 1 aromatic rings. The summed E-state index contributed by atoms with van der Waals surface area (Å²) in [5.74, 6) is -0.349. The van der Waals surface area contributed by atoms with Crippen LogP contribution in [0.3, 0.4) is 0 Å². The zero-order chi connectivity index (χ0) is 15.4. The van der Waals surface area contributed by atoms with Crippen LogP contribution in [0, 0.1) is 17.0 Å². The van der Waals surface area contributed by atoms with E-state index in [1.165, 1.54) is 6.07 Å². The maximum absolute atomic E-state index is 12.3.